The molecule has 0 saturated carbocycles. The zero-order valence-corrected chi connectivity index (χ0v) is 12.4. The molecule has 1 aromatic carbocycles. The van der Waals surface area contributed by atoms with Gasteiger partial charge in [-0.25, -0.2) is 0 Å². The minimum absolute atomic E-state index is 0.163. The van der Waals surface area contributed by atoms with E-state index in [1.165, 1.54) is 0 Å². The second-order valence-corrected chi connectivity index (χ2v) is 4.89. The van der Waals surface area contributed by atoms with Gasteiger partial charge in [-0.05, 0) is 12.5 Å². The Labute approximate surface area is 127 Å². The lowest BCUT2D eigenvalue weighted by atomic mass is 10.1. The minimum atomic E-state index is -0.789. The Bertz CT molecular complexity index is 559. The molecule has 0 unspecified atom stereocenters. The summed E-state index contributed by atoms with van der Waals surface area (Å²) in [5.41, 5.74) is -1.13. The summed E-state index contributed by atoms with van der Waals surface area (Å²) in [4.78, 5) is 32.0. The summed E-state index contributed by atoms with van der Waals surface area (Å²) in [5, 5.41) is 24.2. The molecule has 120 valence electrons. The highest BCUT2D eigenvalue weighted by Crippen LogP contribution is 2.24. The summed E-state index contributed by atoms with van der Waals surface area (Å²) in [6.45, 7) is 2.53. The molecule has 0 aliphatic heterocycles. The van der Waals surface area contributed by atoms with Crippen LogP contribution in [0.1, 0.15) is 49.4 Å². The van der Waals surface area contributed by atoms with Gasteiger partial charge >= 0.3 is 0 Å². The summed E-state index contributed by atoms with van der Waals surface area (Å²) in [6, 6.07) is 3.00. The number of unbranched alkanes of at least 4 members (excludes halogenated alkanes) is 4. The molecule has 0 saturated heterocycles. The van der Waals surface area contributed by atoms with Gasteiger partial charge in [0.25, 0.3) is 17.3 Å². The van der Waals surface area contributed by atoms with Crippen LogP contribution < -0.4 is 5.32 Å². The van der Waals surface area contributed by atoms with Crippen molar-refractivity contribution >= 4 is 17.3 Å². The summed E-state index contributed by atoms with van der Waals surface area (Å²) in [5.74, 6) is -0.586. The van der Waals surface area contributed by atoms with E-state index in [1.807, 2.05) is 0 Å². The van der Waals surface area contributed by atoms with Crippen molar-refractivity contribution in [1.29, 1.82) is 0 Å². The molecule has 0 atom stereocenters. The van der Waals surface area contributed by atoms with Gasteiger partial charge in [0.15, 0.2) is 0 Å². The van der Waals surface area contributed by atoms with Crippen LogP contribution in [0.15, 0.2) is 18.2 Å². The zero-order chi connectivity index (χ0) is 16.5. The van der Waals surface area contributed by atoms with Gasteiger partial charge in [-0.15, -0.1) is 0 Å². The number of nitrogens with zero attached hydrogens (tertiary/aromatic N) is 2. The molecule has 1 rings (SSSR count). The van der Waals surface area contributed by atoms with Crippen LogP contribution in [0.4, 0.5) is 11.4 Å². The Kier molecular flexibility index (Phi) is 6.94. The highest BCUT2D eigenvalue weighted by atomic mass is 16.6. The molecule has 0 spiro atoms. The fraction of sp³-hybridized carbons (Fsp3) is 0.500. The van der Waals surface area contributed by atoms with Crippen molar-refractivity contribution in [1.82, 2.24) is 5.32 Å². The first kappa shape index (κ1) is 17.5. The number of nitro benzene ring substituents is 2. The fourth-order valence-corrected chi connectivity index (χ4v) is 2.00. The van der Waals surface area contributed by atoms with E-state index in [9.17, 15) is 25.0 Å². The van der Waals surface area contributed by atoms with Crippen LogP contribution in [-0.2, 0) is 0 Å². The lowest BCUT2D eigenvalue weighted by Gasteiger charge is -2.06. The predicted octanol–water partition coefficient (Wildman–Crippen LogP) is 3.20. The van der Waals surface area contributed by atoms with Crippen molar-refractivity contribution in [2.75, 3.05) is 6.54 Å². The molecule has 8 heteroatoms. The number of nitro groups is 2. The summed E-state index contributed by atoms with van der Waals surface area (Å²) in [6.07, 6.45) is 5.14. The van der Waals surface area contributed by atoms with Gasteiger partial charge in [0.1, 0.15) is 5.56 Å². The zero-order valence-electron chi connectivity index (χ0n) is 12.4. The van der Waals surface area contributed by atoms with Crippen LogP contribution in [-0.4, -0.2) is 22.3 Å². The lowest BCUT2D eigenvalue weighted by molar-refractivity contribution is -0.394. The third-order valence-corrected chi connectivity index (χ3v) is 3.20. The molecule has 0 heterocycles. The first-order chi connectivity index (χ1) is 10.5. The molecule has 0 radical (unpaired) electrons. The molecule has 1 N–H and O–H groups in total. The topological polar surface area (TPSA) is 115 Å². The van der Waals surface area contributed by atoms with E-state index in [0.717, 1.165) is 50.3 Å². The van der Waals surface area contributed by atoms with Gasteiger partial charge in [-0.1, -0.05) is 32.6 Å². The van der Waals surface area contributed by atoms with Crippen LogP contribution in [0.3, 0.4) is 0 Å². The summed E-state index contributed by atoms with van der Waals surface area (Å²) >= 11 is 0. The number of hydrogen-bond donors (Lipinski definition) is 1. The molecular formula is C14H19N3O5. The molecular weight excluding hydrogens is 290 g/mol. The number of carbonyl (C=O) groups is 1. The third kappa shape index (κ3) is 5.12. The molecule has 22 heavy (non-hydrogen) atoms. The van der Waals surface area contributed by atoms with E-state index in [-0.39, 0.29) is 5.56 Å². The standard InChI is InChI=1S/C14H19N3O5/c1-2-3-4-5-6-9-15-14(18)12-8-7-11(16(19)20)10-13(12)17(21)22/h7-8,10H,2-6,9H2,1H3,(H,15,18). The van der Waals surface area contributed by atoms with Gasteiger partial charge in [-0.3, -0.25) is 25.0 Å². The maximum atomic E-state index is 12.0. The van der Waals surface area contributed by atoms with E-state index in [4.69, 9.17) is 0 Å². The monoisotopic (exact) mass is 309 g/mol. The fourth-order valence-electron chi connectivity index (χ4n) is 2.00. The molecule has 8 nitrogen and oxygen atoms in total. The average molecular weight is 309 g/mol. The van der Waals surface area contributed by atoms with E-state index in [2.05, 4.69) is 12.2 Å². The highest BCUT2D eigenvalue weighted by molar-refractivity contribution is 5.98. The van der Waals surface area contributed by atoms with Gasteiger partial charge in [0, 0.05) is 12.6 Å². The predicted molar refractivity (Wildman–Crippen MR) is 80.8 cm³/mol. The second-order valence-electron chi connectivity index (χ2n) is 4.89. The van der Waals surface area contributed by atoms with Crippen LogP contribution in [0.5, 0.6) is 0 Å². The number of amides is 1. The number of nitrogens with one attached hydrogen (secondary N) is 1. The number of rotatable bonds is 9. The maximum absolute atomic E-state index is 12.0. The first-order valence-electron chi connectivity index (χ1n) is 7.18. The van der Waals surface area contributed by atoms with Gasteiger partial charge < -0.3 is 5.32 Å². The third-order valence-electron chi connectivity index (χ3n) is 3.20. The maximum Gasteiger partial charge on any atom is 0.289 e. The van der Waals surface area contributed by atoms with E-state index < -0.39 is 27.1 Å². The van der Waals surface area contributed by atoms with E-state index >= 15 is 0 Å². The Morgan fingerprint density at radius 1 is 1.09 bits per heavy atom. The lowest BCUT2D eigenvalue weighted by Crippen LogP contribution is -2.25. The molecule has 0 bridgehead atoms. The van der Waals surface area contributed by atoms with Crippen molar-refractivity contribution in [3.63, 3.8) is 0 Å². The Morgan fingerprint density at radius 2 is 1.77 bits per heavy atom. The first-order valence-corrected chi connectivity index (χ1v) is 7.18. The molecule has 0 aliphatic rings. The molecule has 0 aliphatic carbocycles. The normalized spacial score (nSPS) is 10.2. The number of benzene rings is 1. The van der Waals surface area contributed by atoms with Crippen molar-refractivity contribution < 1.29 is 14.6 Å². The van der Waals surface area contributed by atoms with Crippen molar-refractivity contribution in [2.24, 2.45) is 0 Å². The van der Waals surface area contributed by atoms with Crippen LogP contribution >= 0.6 is 0 Å². The van der Waals surface area contributed by atoms with Crippen LogP contribution in [0.25, 0.3) is 0 Å². The van der Waals surface area contributed by atoms with E-state index in [1.54, 1.807) is 0 Å². The summed E-state index contributed by atoms with van der Waals surface area (Å²) < 4.78 is 0. The van der Waals surface area contributed by atoms with Gasteiger partial charge in [0.05, 0.1) is 15.9 Å². The van der Waals surface area contributed by atoms with Crippen LogP contribution in [0, 0.1) is 20.2 Å². The SMILES string of the molecule is CCCCCCCNC(=O)c1ccc([N+](=O)[O-])cc1[N+](=O)[O-]. The largest absolute Gasteiger partial charge is 0.352 e. The minimum Gasteiger partial charge on any atom is -0.352 e. The van der Waals surface area contributed by atoms with Crippen LogP contribution in [0.2, 0.25) is 0 Å². The Morgan fingerprint density at radius 3 is 2.36 bits per heavy atom. The highest BCUT2D eigenvalue weighted by Gasteiger charge is 2.23. The second kappa shape index (κ2) is 8.71. The quantitative estimate of drug-likeness (QED) is 0.427. The van der Waals surface area contributed by atoms with Crippen molar-refractivity contribution in [2.45, 2.75) is 39.0 Å². The average Bonchev–Trinajstić information content (AvgIpc) is 2.49. The number of carbonyl (C=O) groups excluding carboxylic acids is 1. The Balaban J connectivity index is 2.68. The number of hydrogen-bond acceptors (Lipinski definition) is 5. The van der Waals surface area contributed by atoms with Crippen molar-refractivity contribution in [3.05, 3.63) is 44.0 Å². The molecule has 0 aromatic heterocycles. The molecule has 0 fully saturated rings. The van der Waals surface area contributed by atoms with Gasteiger partial charge in [0.2, 0.25) is 0 Å². The smallest absolute Gasteiger partial charge is 0.289 e. The Hall–Kier alpha value is -2.51. The van der Waals surface area contributed by atoms with Crippen molar-refractivity contribution in [3.8, 4) is 0 Å². The van der Waals surface area contributed by atoms with E-state index in [0.29, 0.717) is 6.54 Å². The summed E-state index contributed by atoms with van der Waals surface area (Å²) in [7, 11) is 0. The van der Waals surface area contributed by atoms with Gasteiger partial charge in [-0.2, -0.15) is 0 Å². The molecule has 1 aromatic rings. The number of non-ortho nitro benzene ring substituents is 1. The molecule has 1 amide bonds.